The van der Waals surface area contributed by atoms with E-state index in [9.17, 15) is 0 Å². The first-order valence-electron chi connectivity index (χ1n) is 12.8. The third-order valence-electron chi connectivity index (χ3n) is 7.22. The van der Waals surface area contributed by atoms with Gasteiger partial charge in [-0.3, -0.25) is 0 Å². The largest absolute Gasteiger partial charge is 0.375 e. The van der Waals surface area contributed by atoms with Crippen molar-refractivity contribution in [3.8, 4) is 0 Å². The number of rotatable bonds is 11. The van der Waals surface area contributed by atoms with E-state index in [2.05, 4.69) is 124 Å². The van der Waals surface area contributed by atoms with E-state index in [1.807, 2.05) is 0 Å². The Morgan fingerprint density at radius 3 is 1.30 bits per heavy atom. The second-order valence-electron chi connectivity index (χ2n) is 8.98. The van der Waals surface area contributed by atoms with Gasteiger partial charge in [0.05, 0.1) is 0 Å². The average Bonchev–Trinajstić information content (AvgIpc) is 2.87. The van der Waals surface area contributed by atoms with Crippen LogP contribution in [0.25, 0.3) is 0 Å². The van der Waals surface area contributed by atoms with Gasteiger partial charge in [0.25, 0.3) is 0 Å². The molecule has 3 aromatic rings. The highest BCUT2D eigenvalue weighted by atomic mass is 15.1. The van der Waals surface area contributed by atoms with E-state index < -0.39 is 0 Å². The lowest BCUT2D eigenvalue weighted by molar-refractivity contribution is 0.641. The Morgan fingerprint density at radius 2 is 0.909 bits per heavy atom. The molecule has 2 heteroatoms. The molecule has 3 aromatic carbocycles. The number of anilines is 2. The Balaban J connectivity index is 2.01. The molecule has 0 heterocycles. The predicted molar refractivity (Wildman–Crippen MR) is 146 cm³/mol. The zero-order valence-corrected chi connectivity index (χ0v) is 21.5. The van der Waals surface area contributed by atoms with Crippen LogP contribution in [-0.2, 0) is 0 Å². The molecule has 33 heavy (non-hydrogen) atoms. The summed E-state index contributed by atoms with van der Waals surface area (Å²) in [7, 11) is 2.15. The summed E-state index contributed by atoms with van der Waals surface area (Å²) in [5.41, 5.74) is 8.07. The average molecular weight is 443 g/mol. The van der Waals surface area contributed by atoms with Gasteiger partial charge in [-0.1, -0.05) is 62.4 Å². The fraction of sp³-hybridized carbons (Fsp3) is 0.419. The molecule has 1 unspecified atom stereocenters. The van der Waals surface area contributed by atoms with Crippen molar-refractivity contribution in [1.82, 2.24) is 0 Å². The van der Waals surface area contributed by atoms with Crippen molar-refractivity contribution in [2.45, 2.75) is 59.3 Å². The van der Waals surface area contributed by atoms with Crippen molar-refractivity contribution < 1.29 is 0 Å². The first-order chi connectivity index (χ1) is 16.1. The lowest BCUT2D eigenvalue weighted by Gasteiger charge is -2.24. The quantitative estimate of drug-likeness (QED) is 0.277. The fourth-order valence-electron chi connectivity index (χ4n) is 4.87. The SMILES string of the molecule is CCC(CC)c1ccc(C(c2ccc(N(C)CC)cc2)c2ccc(N(CC)CC)cc2)cc1. The molecule has 176 valence electrons. The third-order valence-corrected chi connectivity index (χ3v) is 7.22. The van der Waals surface area contributed by atoms with Crippen molar-refractivity contribution in [2.75, 3.05) is 36.5 Å². The zero-order chi connectivity index (χ0) is 23.8. The molecule has 3 rings (SSSR count). The molecule has 0 saturated heterocycles. The van der Waals surface area contributed by atoms with Crippen molar-refractivity contribution in [3.63, 3.8) is 0 Å². The molecular weight excluding hydrogens is 400 g/mol. The van der Waals surface area contributed by atoms with E-state index in [1.54, 1.807) is 0 Å². The Labute approximate surface area is 202 Å². The first-order valence-corrected chi connectivity index (χ1v) is 12.8. The molecule has 1 atom stereocenters. The minimum absolute atomic E-state index is 0.229. The Bertz CT molecular complexity index is 894. The lowest BCUT2D eigenvalue weighted by atomic mass is 9.83. The van der Waals surface area contributed by atoms with Gasteiger partial charge in [-0.25, -0.2) is 0 Å². The van der Waals surface area contributed by atoms with E-state index in [0.717, 1.165) is 19.6 Å². The molecular formula is C31H42N2. The summed E-state index contributed by atoms with van der Waals surface area (Å²) < 4.78 is 0. The van der Waals surface area contributed by atoms with E-state index in [1.165, 1.54) is 46.5 Å². The van der Waals surface area contributed by atoms with Gasteiger partial charge in [0.1, 0.15) is 0 Å². The minimum atomic E-state index is 0.229. The summed E-state index contributed by atoms with van der Waals surface area (Å²) in [6.45, 7) is 14.3. The number of hydrogen-bond acceptors (Lipinski definition) is 2. The van der Waals surface area contributed by atoms with Gasteiger partial charge in [-0.05, 0) is 86.1 Å². The maximum absolute atomic E-state index is 2.40. The van der Waals surface area contributed by atoms with Crippen LogP contribution in [-0.4, -0.2) is 26.7 Å². The van der Waals surface area contributed by atoms with Crippen LogP contribution in [0.5, 0.6) is 0 Å². The van der Waals surface area contributed by atoms with Gasteiger partial charge < -0.3 is 9.80 Å². The first kappa shape index (κ1) is 24.9. The highest BCUT2D eigenvalue weighted by Crippen LogP contribution is 2.35. The predicted octanol–water partition coefficient (Wildman–Crippen LogP) is 8.07. The molecule has 0 aliphatic carbocycles. The topological polar surface area (TPSA) is 6.48 Å². The summed E-state index contributed by atoms with van der Waals surface area (Å²) in [6, 6.07) is 27.7. The molecule has 0 bridgehead atoms. The van der Waals surface area contributed by atoms with Gasteiger partial charge in [-0.2, -0.15) is 0 Å². The molecule has 0 N–H and O–H groups in total. The molecule has 0 aliphatic rings. The molecule has 2 nitrogen and oxygen atoms in total. The summed E-state index contributed by atoms with van der Waals surface area (Å²) in [4.78, 5) is 4.68. The normalized spacial score (nSPS) is 12.1. The van der Waals surface area contributed by atoms with Crippen molar-refractivity contribution in [1.29, 1.82) is 0 Å². The molecule has 0 spiro atoms. The van der Waals surface area contributed by atoms with Crippen LogP contribution >= 0.6 is 0 Å². The van der Waals surface area contributed by atoms with Gasteiger partial charge in [0.2, 0.25) is 0 Å². The van der Waals surface area contributed by atoms with Gasteiger partial charge in [0.15, 0.2) is 0 Å². The maximum atomic E-state index is 2.40. The molecule has 0 radical (unpaired) electrons. The van der Waals surface area contributed by atoms with Crippen molar-refractivity contribution in [2.24, 2.45) is 0 Å². The Morgan fingerprint density at radius 1 is 0.515 bits per heavy atom. The van der Waals surface area contributed by atoms with Crippen LogP contribution in [0, 0.1) is 0 Å². The molecule has 0 fully saturated rings. The number of benzene rings is 3. The van der Waals surface area contributed by atoms with Crippen LogP contribution < -0.4 is 9.80 Å². The van der Waals surface area contributed by atoms with Crippen molar-refractivity contribution >= 4 is 11.4 Å². The Hall–Kier alpha value is -2.74. The highest BCUT2D eigenvalue weighted by molar-refractivity contribution is 5.54. The highest BCUT2D eigenvalue weighted by Gasteiger charge is 2.18. The van der Waals surface area contributed by atoms with Crippen LogP contribution in [0.2, 0.25) is 0 Å². The summed E-state index contributed by atoms with van der Waals surface area (Å²) in [6.07, 6.45) is 2.39. The summed E-state index contributed by atoms with van der Waals surface area (Å²) >= 11 is 0. The van der Waals surface area contributed by atoms with E-state index in [-0.39, 0.29) is 5.92 Å². The molecule has 0 aliphatic heterocycles. The van der Waals surface area contributed by atoms with E-state index >= 15 is 0 Å². The third kappa shape index (κ3) is 5.79. The van der Waals surface area contributed by atoms with Crippen LogP contribution in [0.3, 0.4) is 0 Å². The summed E-state index contributed by atoms with van der Waals surface area (Å²) in [5, 5.41) is 0. The fourth-order valence-corrected chi connectivity index (χ4v) is 4.87. The maximum Gasteiger partial charge on any atom is 0.0366 e. The smallest absolute Gasteiger partial charge is 0.0366 e. The van der Waals surface area contributed by atoms with E-state index in [4.69, 9.17) is 0 Å². The minimum Gasteiger partial charge on any atom is -0.375 e. The van der Waals surface area contributed by atoms with Gasteiger partial charge >= 0.3 is 0 Å². The van der Waals surface area contributed by atoms with Gasteiger partial charge in [-0.15, -0.1) is 0 Å². The second-order valence-corrected chi connectivity index (χ2v) is 8.98. The van der Waals surface area contributed by atoms with Crippen LogP contribution in [0.1, 0.15) is 81.5 Å². The molecule has 0 aromatic heterocycles. The van der Waals surface area contributed by atoms with Gasteiger partial charge in [0, 0.05) is 44.0 Å². The molecule has 0 saturated carbocycles. The van der Waals surface area contributed by atoms with Crippen LogP contribution in [0.15, 0.2) is 72.8 Å². The summed E-state index contributed by atoms with van der Waals surface area (Å²) in [5.74, 6) is 0.877. The van der Waals surface area contributed by atoms with E-state index in [0.29, 0.717) is 5.92 Å². The lowest BCUT2D eigenvalue weighted by Crippen LogP contribution is -2.21. The molecule has 0 amide bonds. The monoisotopic (exact) mass is 442 g/mol. The standard InChI is InChI=1S/C31H42N2/c1-7-24(8-2)25-12-14-26(15-13-25)31(27-16-20-29(21-17-27)32(6)9-3)28-18-22-30(23-19-28)33(10-4)11-5/h12-24,31H,7-11H2,1-6H3. The van der Waals surface area contributed by atoms with Crippen LogP contribution in [0.4, 0.5) is 11.4 Å². The van der Waals surface area contributed by atoms with Crippen molar-refractivity contribution in [3.05, 3.63) is 95.1 Å². The Kier molecular flexibility index (Phi) is 9.00. The zero-order valence-electron chi connectivity index (χ0n) is 21.5. The second kappa shape index (κ2) is 11.9. The number of nitrogens with zero attached hydrogens (tertiary/aromatic N) is 2. The number of hydrogen-bond donors (Lipinski definition) is 0.